The van der Waals surface area contributed by atoms with E-state index in [-0.39, 0.29) is 5.69 Å². The van der Waals surface area contributed by atoms with Crippen LogP contribution in [0.3, 0.4) is 0 Å². The molecule has 0 atom stereocenters. The Morgan fingerprint density at radius 2 is 1.96 bits per heavy atom. The third-order valence-electron chi connectivity index (χ3n) is 3.56. The highest BCUT2D eigenvalue weighted by Crippen LogP contribution is 2.30. The van der Waals surface area contributed by atoms with Crippen LogP contribution in [0, 0.1) is 0 Å². The van der Waals surface area contributed by atoms with Crippen LogP contribution in [-0.4, -0.2) is 17.4 Å². The maximum absolute atomic E-state index is 12.7. The quantitative estimate of drug-likeness (QED) is 0.694. The third-order valence-corrected chi connectivity index (χ3v) is 3.56. The van der Waals surface area contributed by atoms with Gasteiger partial charge in [-0.3, -0.25) is 4.79 Å². The smallest absolute Gasteiger partial charge is 0.370 e. The van der Waals surface area contributed by atoms with Crippen molar-refractivity contribution in [3.63, 3.8) is 0 Å². The van der Waals surface area contributed by atoms with Gasteiger partial charge in [-0.1, -0.05) is 25.8 Å². The van der Waals surface area contributed by atoms with Crippen LogP contribution < -0.4 is 10.6 Å². The first-order valence-corrected chi connectivity index (χ1v) is 8.08. The number of pyridine rings is 1. The Labute approximate surface area is 144 Å². The Hall–Kier alpha value is -2.57. The predicted molar refractivity (Wildman–Crippen MR) is 91.6 cm³/mol. The number of anilines is 2. The van der Waals surface area contributed by atoms with Crippen molar-refractivity contribution in [3.05, 3.63) is 53.7 Å². The standard InChI is InChI=1S/C18H20F3N3O/c1-2-3-4-9-22-16-11-13(8-10-23-16)17(25)24-15-7-5-6-14(12-15)18(19,20)21/h5-8,10-12H,2-4,9H2,1H3,(H,22,23)(H,24,25). The summed E-state index contributed by atoms with van der Waals surface area (Å²) in [4.78, 5) is 16.4. The fourth-order valence-electron chi connectivity index (χ4n) is 2.24. The van der Waals surface area contributed by atoms with Crippen LogP contribution in [0.15, 0.2) is 42.6 Å². The number of carbonyl (C=O) groups excluding carboxylic acids is 1. The average molecular weight is 351 g/mol. The minimum absolute atomic E-state index is 0.0918. The first-order valence-electron chi connectivity index (χ1n) is 8.08. The Morgan fingerprint density at radius 3 is 2.68 bits per heavy atom. The van der Waals surface area contributed by atoms with Gasteiger partial charge in [0.05, 0.1) is 5.56 Å². The molecule has 2 N–H and O–H groups in total. The minimum atomic E-state index is -4.45. The summed E-state index contributed by atoms with van der Waals surface area (Å²) in [7, 11) is 0. The molecule has 4 nitrogen and oxygen atoms in total. The molecule has 1 heterocycles. The van der Waals surface area contributed by atoms with Gasteiger partial charge in [-0.15, -0.1) is 0 Å². The van der Waals surface area contributed by atoms with Crippen LogP contribution in [0.2, 0.25) is 0 Å². The minimum Gasteiger partial charge on any atom is -0.370 e. The predicted octanol–water partition coefficient (Wildman–Crippen LogP) is 4.95. The van der Waals surface area contributed by atoms with Crippen LogP contribution >= 0.6 is 0 Å². The molecule has 0 aliphatic rings. The van der Waals surface area contributed by atoms with E-state index in [0.29, 0.717) is 11.4 Å². The van der Waals surface area contributed by atoms with Crippen molar-refractivity contribution in [2.24, 2.45) is 0 Å². The van der Waals surface area contributed by atoms with Crippen LogP contribution in [0.1, 0.15) is 42.1 Å². The Kier molecular flexibility index (Phi) is 6.38. The van der Waals surface area contributed by atoms with Crippen LogP contribution in [0.5, 0.6) is 0 Å². The molecule has 25 heavy (non-hydrogen) atoms. The topological polar surface area (TPSA) is 54.0 Å². The van der Waals surface area contributed by atoms with Crippen LogP contribution in [-0.2, 0) is 6.18 Å². The second kappa shape index (κ2) is 8.50. The highest BCUT2D eigenvalue weighted by molar-refractivity contribution is 6.04. The van der Waals surface area contributed by atoms with Gasteiger partial charge in [-0.05, 0) is 36.8 Å². The molecule has 1 aromatic carbocycles. The number of benzene rings is 1. The van der Waals surface area contributed by atoms with Gasteiger partial charge >= 0.3 is 6.18 Å². The second-order valence-electron chi connectivity index (χ2n) is 5.60. The molecule has 0 radical (unpaired) electrons. The van der Waals surface area contributed by atoms with Crippen molar-refractivity contribution >= 4 is 17.4 Å². The van der Waals surface area contributed by atoms with Crippen molar-refractivity contribution in [1.29, 1.82) is 0 Å². The van der Waals surface area contributed by atoms with Crippen molar-refractivity contribution in [2.45, 2.75) is 32.4 Å². The van der Waals surface area contributed by atoms with Crippen molar-refractivity contribution in [3.8, 4) is 0 Å². The number of aromatic nitrogens is 1. The van der Waals surface area contributed by atoms with Gasteiger partial charge in [-0.2, -0.15) is 13.2 Å². The summed E-state index contributed by atoms with van der Waals surface area (Å²) in [6.07, 6.45) is 0.242. The number of amides is 1. The van der Waals surface area contributed by atoms with E-state index in [1.54, 1.807) is 6.07 Å². The zero-order valence-electron chi connectivity index (χ0n) is 13.9. The fraction of sp³-hybridized carbons (Fsp3) is 0.333. The van der Waals surface area contributed by atoms with E-state index in [4.69, 9.17) is 0 Å². The highest BCUT2D eigenvalue weighted by Gasteiger charge is 2.30. The second-order valence-corrected chi connectivity index (χ2v) is 5.60. The summed E-state index contributed by atoms with van der Waals surface area (Å²) in [5.41, 5.74) is -0.391. The van der Waals surface area contributed by atoms with E-state index in [0.717, 1.165) is 37.9 Å². The number of nitrogens with zero attached hydrogens (tertiary/aromatic N) is 1. The number of nitrogens with one attached hydrogen (secondary N) is 2. The monoisotopic (exact) mass is 351 g/mol. The lowest BCUT2D eigenvalue weighted by Crippen LogP contribution is -2.14. The van der Waals surface area contributed by atoms with E-state index >= 15 is 0 Å². The number of carbonyl (C=O) groups is 1. The molecule has 0 saturated heterocycles. The molecule has 2 rings (SSSR count). The van der Waals surface area contributed by atoms with Gasteiger partial charge in [0.1, 0.15) is 5.82 Å². The normalized spacial score (nSPS) is 11.2. The third kappa shape index (κ3) is 5.77. The molecule has 0 unspecified atom stereocenters. The van der Waals surface area contributed by atoms with Crippen molar-refractivity contribution in [1.82, 2.24) is 4.98 Å². The van der Waals surface area contributed by atoms with Gasteiger partial charge in [0.15, 0.2) is 0 Å². The lowest BCUT2D eigenvalue weighted by atomic mass is 10.2. The molecule has 0 spiro atoms. The van der Waals surface area contributed by atoms with Gasteiger partial charge < -0.3 is 10.6 Å². The molecule has 0 aliphatic heterocycles. The summed E-state index contributed by atoms with van der Waals surface area (Å²) in [6.45, 7) is 2.86. The Morgan fingerprint density at radius 1 is 1.16 bits per heavy atom. The summed E-state index contributed by atoms with van der Waals surface area (Å²) in [6, 6.07) is 7.63. The Balaban J connectivity index is 2.03. The SMILES string of the molecule is CCCCCNc1cc(C(=O)Nc2cccc(C(F)(F)F)c2)ccn1. The molecule has 1 aromatic heterocycles. The molecule has 0 fully saturated rings. The van der Waals surface area contributed by atoms with E-state index in [1.807, 2.05) is 0 Å². The molecule has 0 saturated carbocycles. The molecule has 2 aromatic rings. The lowest BCUT2D eigenvalue weighted by Gasteiger charge is -2.10. The maximum Gasteiger partial charge on any atom is 0.416 e. The number of alkyl halides is 3. The molecular formula is C18H20F3N3O. The van der Waals surface area contributed by atoms with Gasteiger partial charge in [0.2, 0.25) is 0 Å². The number of hydrogen-bond acceptors (Lipinski definition) is 3. The van der Waals surface area contributed by atoms with E-state index < -0.39 is 17.6 Å². The number of halogens is 3. The zero-order valence-corrected chi connectivity index (χ0v) is 13.9. The molecule has 0 aliphatic carbocycles. The van der Waals surface area contributed by atoms with Crippen molar-refractivity contribution in [2.75, 3.05) is 17.2 Å². The van der Waals surface area contributed by atoms with E-state index in [9.17, 15) is 18.0 Å². The first kappa shape index (κ1) is 18.8. The molecule has 7 heteroatoms. The largest absolute Gasteiger partial charge is 0.416 e. The fourth-order valence-corrected chi connectivity index (χ4v) is 2.24. The van der Waals surface area contributed by atoms with E-state index in [1.165, 1.54) is 24.4 Å². The first-order chi connectivity index (χ1) is 11.9. The van der Waals surface area contributed by atoms with Crippen molar-refractivity contribution < 1.29 is 18.0 Å². The zero-order chi connectivity index (χ0) is 18.3. The van der Waals surface area contributed by atoms with Gasteiger partial charge in [0, 0.05) is 24.0 Å². The average Bonchev–Trinajstić information content (AvgIpc) is 2.58. The van der Waals surface area contributed by atoms with Gasteiger partial charge in [-0.25, -0.2) is 4.98 Å². The molecule has 0 bridgehead atoms. The Bertz CT molecular complexity index is 717. The number of hydrogen-bond donors (Lipinski definition) is 2. The summed E-state index contributed by atoms with van der Waals surface area (Å²) >= 11 is 0. The van der Waals surface area contributed by atoms with Gasteiger partial charge in [0.25, 0.3) is 5.91 Å². The van der Waals surface area contributed by atoms with Crippen LogP contribution in [0.4, 0.5) is 24.7 Å². The summed E-state index contributed by atoms with van der Waals surface area (Å²) in [5.74, 6) is 0.0751. The van der Waals surface area contributed by atoms with E-state index in [2.05, 4.69) is 22.5 Å². The highest BCUT2D eigenvalue weighted by atomic mass is 19.4. The number of rotatable bonds is 7. The molecular weight excluding hydrogens is 331 g/mol. The summed E-state index contributed by atoms with van der Waals surface area (Å²) in [5, 5.41) is 5.61. The lowest BCUT2D eigenvalue weighted by molar-refractivity contribution is -0.137. The summed E-state index contributed by atoms with van der Waals surface area (Å²) < 4.78 is 38.2. The molecule has 134 valence electrons. The number of unbranched alkanes of at least 4 members (excludes halogenated alkanes) is 2. The maximum atomic E-state index is 12.7. The molecule has 1 amide bonds. The van der Waals surface area contributed by atoms with Crippen LogP contribution in [0.25, 0.3) is 0 Å².